The summed E-state index contributed by atoms with van der Waals surface area (Å²) < 4.78 is 0. The van der Waals surface area contributed by atoms with Crippen LogP contribution in [0.15, 0.2) is 0 Å². The van der Waals surface area contributed by atoms with Crippen LogP contribution in [0.1, 0.15) is 45.4 Å². The second-order valence-corrected chi connectivity index (χ2v) is 5.71. The van der Waals surface area contributed by atoms with Crippen LogP contribution in [0.3, 0.4) is 0 Å². The van der Waals surface area contributed by atoms with Gasteiger partial charge < -0.3 is 15.5 Å². The van der Waals surface area contributed by atoms with Crippen LogP contribution in [0.5, 0.6) is 0 Å². The van der Waals surface area contributed by atoms with E-state index in [1.165, 1.54) is 19.3 Å². The van der Waals surface area contributed by atoms with E-state index in [4.69, 9.17) is 0 Å². The van der Waals surface area contributed by atoms with Crippen molar-refractivity contribution in [1.82, 2.24) is 15.5 Å². The second-order valence-electron chi connectivity index (χ2n) is 5.71. The molecule has 2 atom stereocenters. The molecule has 1 rings (SSSR count). The maximum Gasteiger partial charge on any atom is 0.237 e. The number of carbonyl (C=O) groups excluding carboxylic acids is 1. The summed E-state index contributed by atoms with van der Waals surface area (Å²) in [7, 11) is 4.12. The van der Waals surface area contributed by atoms with E-state index in [-0.39, 0.29) is 18.0 Å². The Morgan fingerprint density at radius 3 is 2.78 bits per heavy atom. The molecule has 1 fully saturated rings. The lowest BCUT2D eigenvalue weighted by Crippen LogP contribution is -2.48. The highest BCUT2D eigenvalue weighted by molar-refractivity contribution is 5.81. The van der Waals surface area contributed by atoms with Crippen LogP contribution in [-0.4, -0.2) is 50.1 Å². The summed E-state index contributed by atoms with van der Waals surface area (Å²) in [6.07, 6.45) is 6.90. The molecule has 2 N–H and O–H groups in total. The van der Waals surface area contributed by atoms with Crippen LogP contribution >= 0.6 is 0 Å². The first-order valence-corrected chi connectivity index (χ1v) is 7.28. The zero-order valence-electron chi connectivity index (χ0n) is 12.2. The third-order valence-corrected chi connectivity index (χ3v) is 3.52. The maximum absolute atomic E-state index is 12.1. The average Bonchev–Trinajstić information content (AvgIpc) is 2.25. The Balaban J connectivity index is 2.28. The second kappa shape index (κ2) is 8.48. The van der Waals surface area contributed by atoms with Crippen LogP contribution in [-0.2, 0) is 4.79 Å². The van der Waals surface area contributed by atoms with Crippen molar-refractivity contribution in [3.63, 3.8) is 0 Å². The number of hydrogen-bond donors (Lipinski definition) is 2. The summed E-state index contributed by atoms with van der Waals surface area (Å²) in [5.41, 5.74) is 0. The molecule has 1 saturated heterocycles. The number of nitrogens with zero attached hydrogens (tertiary/aromatic N) is 1. The van der Waals surface area contributed by atoms with Crippen molar-refractivity contribution in [2.45, 2.75) is 57.5 Å². The van der Waals surface area contributed by atoms with E-state index in [1.807, 2.05) is 0 Å². The van der Waals surface area contributed by atoms with Gasteiger partial charge in [-0.3, -0.25) is 4.79 Å². The lowest BCUT2D eigenvalue weighted by molar-refractivity contribution is -0.124. The van der Waals surface area contributed by atoms with Crippen molar-refractivity contribution in [3.05, 3.63) is 0 Å². The fourth-order valence-corrected chi connectivity index (χ4v) is 2.30. The predicted molar refractivity (Wildman–Crippen MR) is 75.7 cm³/mol. The minimum Gasteiger partial charge on any atom is -0.352 e. The number of carbonyl (C=O) groups is 1. The first kappa shape index (κ1) is 15.4. The molecule has 4 heteroatoms. The fourth-order valence-electron chi connectivity index (χ4n) is 2.30. The van der Waals surface area contributed by atoms with Gasteiger partial charge in [0.1, 0.15) is 0 Å². The molecule has 1 aliphatic rings. The van der Waals surface area contributed by atoms with Gasteiger partial charge >= 0.3 is 0 Å². The van der Waals surface area contributed by atoms with Crippen LogP contribution in [0, 0.1) is 0 Å². The highest BCUT2D eigenvalue weighted by Crippen LogP contribution is 2.09. The Bertz CT molecular complexity index is 235. The van der Waals surface area contributed by atoms with Gasteiger partial charge in [0.05, 0.1) is 6.04 Å². The van der Waals surface area contributed by atoms with Crippen LogP contribution in [0.4, 0.5) is 0 Å². The molecule has 4 nitrogen and oxygen atoms in total. The Morgan fingerprint density at radius 1 is 1.33 bits per heavy atom. The van der Waals surface area contributed by atoms with Gasteiger partial charge in [-0.25, -0.2) is 0 Å². The minimum absolute atomic E-state index is 0.0205. The number of hydrogen-bond acceptors (Lipinski definition) is 3. The molecule has 0 bridgehead atoms. The SMILES string of the molecule is CC(CCN(C)C)NC(=O)C1CCCCCCN1. The van der Waals surface area contributed by atoms with Crippen molar-refractivity contribution < 1.29 is 4.79 Å². The third kappa shape index (κ3) is 6.36. The summed E-state index contributed by atoms with van der Waals surface area (Å²) in [5, 5.41) is 6.49. The van der Waals surface area contributed by atoms with Gasteiger partial charge in [-0.15, -0.1) is 0 Å². The minimum atomic E-state index is 0.0205. The largest absolute Gasteiger partial charge is 0.352 e. The monoisotopic (exact) mass is 255 g/mol. The predicted octanol–water partition coefficient (Wildman–Crippen LogP) is 1.37. The van der Waals surface area contributed by atoms with Crippen LogP contribution < -0.4 is 10.6 Å². The van der Waals surface area contributed by atoms with Gasteiger partial charge in [0.2, 0.25) is 5.91 Å². The average molecular weight is 255 g/mol. The molecular weight excluding hydrogens is 226 g/mol. The fraction of sp³-hybridized carbons (Fsp3) is 0.929. The van der Waals surface area contributed by atoms with Crippen LogP contribution in [0.25, 0.3) is 0 Å². The normalized spacial score (nSPS) is 23.2. The standard InChI is InChI=1S/C14H29N3O/c1-12(9-11-17(2)3)16-14(18)13-8-6-4-5-7-10-15-13/h12-13,15H,4-11H2,1-3H3,(H,16,18). The lowest BCUT2D eigenvalue weighted by atomic mass is 10.0. The molecule has 106 valence electrons. The number of amides is 1. The molecule has 1 aliphatic heterocycles. The zero-order chi connectivity index (χ0) is 13.4. The van der Waals surface area contributed by atoms with Crippen LogP contribution in [0.2, 0.25) is 0 Å². The molecule has 0 aromatic heterocycles. The first-order chi connectivity index (χ1) is 8.59. The molecule has 0 radical (unpaired) electrons. The van der Waals surface area contributed by atoms with E-state index in [1.54, 1.807) is 0 Å². The highest BCUT2D eigenvalue weighted by Gasteiger charge is 2.19. The summed E-state index contributed by atoms with van der Waals surface area (Å²) >= 11 is 0. The highest BCUT2D eigenvalue weighted by atomic mass is 16.2. The molecule has 1 heterocycles. The smallest absolute Gasteiger partial charge is 0.237 e. The number of nitrogens with one attached hydrogen (secondary N) is 2. The molecule has 0 aromatic rings. The maximum atomic E-state index is 12.1. The van der Waals surface area contributed by atoms with Crippen molar-refractivity contribution in [2.24, 2.45) is 0 Å². The molecule has 0 saturated carbocycles. The van der Waals surface area contributed by atoms with E-state index < -0.39 is 0 Å². The van der Waals surface area contributed by atoms with Crippen molar-refractivity contribution in [2.75, 3.05) is 27.2 Å². The van der Waals surface area contributed by atoms with E-state index >= 15 is 0 Å². The number of rotatable bonds is 5. The zero-order valence-corrected chi connectivity index (χ0v) is 12.2. The molecule has 2 unspecified atom stereocenters. The Kier molecular flexibility index (Phi) is 7.28. The summed E-state index contributed by atoms with van der Waals surface area (Å²) in [6, 6.07) is 0.277. The van der Waals surface area contributed by atoms with E-state index in [2.05, 4.69) is 36.6 Å². The molecule has 0 aromatic carbocycles. The quantitative estimate of drug-likeness (QED) is 0.780. The molecule has 1 amide bonds. The third-order valence-electron chi connectivity index (χ3n) is 3.52. The first-order valence-electron chi connectivity index (χ1n) is 7.28. The van der Waals surface area contributed by atoms with Gasteiger partial charge in [-0.1, -0.05) is 19.3 Å². The Labute approximate surface area is 111 Å². The van der Waals surface area contributed by atoms with Gasteiger partial charge in [-0.05, 0) is 53.4 Å². The lowest BCUT2D eigenvalue weighted by Gasteiger charge is -2.23. The van der Waals surface area contributed by atoms with Gasteiger partial charge in [0.25, 0.3) is 0 Å². The van der Waals surface area contributed by atoms with Gasteiger partial charge in [0, 0.05) is 6.04 Å². The van der Waals surface area contributed by atoms with Crippen molar-refractivity contribution >= 4 is 5.91 Å². The Morgan fingerprint density at radius 2 is 2.06 bits per heavy atom. The topological polar surface area (TPSA) is 44.4 Å². The Hall–Kier alpha value is -0.610. The van der Waals surface area contributed by atoms with E-state index in [9.17, 15) is 4.79 Å². The molecule has 0 spiro atoms. The van der Waals surface area contributed by atoms with Crippen molar-refractivity contribution in [1.29, 1.82) is 0 Å². The van der Waals surface area contributed by atoms with Gasteiger partial charge in [-0.2, -0.15) is 0 Å². The molecular formula is C14H29N3O. The summed E-state index contributed by atoms with van der Waals surface area (Å²) in [4.78, 5) is 14.3. The molecule has 0 aliphatic carbocycles. The van der Waals surface area contributed by atoms with E-state index in [0.717, 1.165) is 32.4 Å². The van der Waals surface area contributed by atoms with Crippen molar-refractivity contribution in [3.8, 4) is 0 Å². The van der Waals surface area contributed by atoms with Gasteiger partial charge in [0.15, 0.2) is 0 Å². The summed E-state index contributed by atoms with van der Waals surface area (Å²) in [6.45, 7) is 4.08. The molecule has 18 heavy (non-hydrogen) atoms. The van der Waals surface area contributed by atoms with E-state index in [0.29, 0.717) is 0 Å². The summed E-state index contributed by atoms with van der Waals surface area (Å²) in [5.74, 6) is 0.183.